The van der Waals surface area contributed by atoms with E-state index in [1.165, 1.54) is 11.3 Å². The van der Waals surface area contributed by atoms with E-state index in [1.54, 1.807) is 17.5 Å². The lowest BCUT2D eigenvalue weighted by Crippen LogP contribution is -2.15. The number of anilines is 1. The van der Waals surface area contributed by atoms with Crippen molar-refractivity contribution in [3.63, 3.8) is 0 Å². The highest BCUT2D eigenvalue weighted by molar-refractivity contribution is 7.21. The second-order valence-electron chi connectivity index (χ2n) is 6.62. The molecule has 0 atom stereocenters. The largest absolute Gasteiger partial charge is 0.325 e. The van der Waals surface area contributed by atoms with Crippen LogP contribution in [0.5, 0.6) is 0 Å². The highest BCUT2D eigenvalue weighted by Gasteiger charge is 2.14. The van der Waals surface area contributed by atoms with E-state index in [9.17, 15) is 4.79 Å². The van der Waals surface area contributed by atoms with E-state index in [0.717, 1.165) is 42.9 Å². The van der Waals surface area contributed by atoms with Crippen LogP contribution in [0, 0.1) is 0 Å². The van der Waals surface area contributed by atoms with Crippen molar-refractivity contribution in [3.05, 3.63) is 84.0 Å². The van der Waals surface area contributed by atoms with Gasteiger partial charge in [0.15, 0.2) is 0 Å². The number of hydrogen-bond acceptors (Lipinski definition) is 6. The van der Waals surface area contributed by atoms with Gasteiger partial charge in [-0.05, 0) is 36.4 Å². The fourth-order valence-electron chi connectivity index (χ4n) is 3.12. The summed E-state index contributed by atoms with van der Waals surface area (Å²) in [6, 6.07) is 21.5. The minimum absolute atomic E-state index is 0.110. The van der Waals surface area contributed by atoms with E-state index < -0.39 is 0 Å². The van der Waals surface area contributed by atoms with Gasteiger partial charge in [0.1, 0.15) is 10.0 Å². The van der Waals surface area contributed by atoms with Gasteiger partial charge in [-0.1, -0.05) is 30.3 Å². The zero-order valence-electron chi connectivity index (χ0n) is 15.8. The third-order valence-electron chi connectivity index (χ3n) is 4.50. The molecule has 30 heavy (non-hydrogen) atoms. The quantitative estimate of drug-likeness (QED) is 0.392. The summed E-state index contributed by atoms with van der Waals surface area (Å²) >= 11 is 3.11. The Morgan fingerprint density at radius 2 is 1.73 bits per heavy atom. The Hall–Kier alpha value is -3.42. The lowest BCUT2D eigenvalue weighted by atomic mass is 10.1. The Balaban J connectivity index is 1.35. The molecule has 2 aromatic carbocycles. The molecule has 5 rings (SSSR count). The van der Waals surface area contributed by atoms with Gasteiger partial charge >= 0.3 is 0 Å². The second kappa shape index (κ2) is 8.14. The van der Waals surface area contributed by atoms with E-state index >= 15 is 0 Å². The highest BCUT2D eigenvalue weighted by Crippen LogP contribution is 2.34. The van der Waals surface area contributed by atoms with Crippen LogP contribution in [-0.2, 0) is 11.2 Å². The van der Waals surface area contributed by atoms with Crippen LogP contribution in [0.4, 0.5) is 5.69 Å². The van der Waals surface area contributed by atoms with Crippen LogP contribution >= 0.6 is 22.7 Å². The van der Waals surface area contributed by atoms with E-state index in [-0.39, 0.29) is 12.3 Å². The third-order valence-corrected chi connectivity index (χ3v) is 6.49. The van der Waals surface area contributed by atoms with Gasteiger partial charge in [-0.25, -0.2) is 9.97 Å². The number of amides is 1. The van der Waals surface area contributed by atoms with Crippen molar-refractivity contribution in [2.24, 2.45) is 0 Å². The molecule has 3 aromatic heterocycles. The molecule has 0 aliphatic rings. The Morgan fingerprint density at radius 1 is 0.900 bits per heavy atom. The van der Waals surface area contributed by atoms with Crippen LogP contribution in [0.3, 0.4) is 0 Å². The number of thiazole rings is 2. The number of carbonyl (C=O) groups is 1. The number of benzene rings is 2. The smallest absolute Gasteiger partial charge is 0.230 e. The molecule has 5 nitrogen and oxygen atoms in total. The summed E-state index contributed by atoms with van der Waals surface area (Å²) in [5.41, 5.74) is 4.18. The summed E-state index contributed by atoms with van der Waals surface area (Å²) in [5.74, 6) is -0.110. The van der Waals surface area contributed by atoms with Crippen LogP contribution in [0.15, 0.2) is 78.3 Å². The van der Waals surface area contributed by atoms with Crippen LogP contribution < -0.4 is 5.32 Å². The molecule has 5 aromatic rings. The first-order chi connectivity index (χ1) is 14.8. The molecule has 0 bridgehead atoms. The number of nitrogens with one attached hydrogen (secondary N) is 1. The molecule has 146 valence electrons. The van der Waals surface area contributed by atoms with E-state index in [1.807, 2.05) is 66.0 Å². The first kappa shape index (κ1) is 18.6. The second-order valence-corrected chi connectivity index (χ2v) is 8.51. The van der Waals surface area contributed by atoms with Crippen molar-refractivity contribution in [2.45, 2.75) is 6.42 Å². The fourth-order valence-corrected chi connectivity index (χ4v) is 4.92. The number of carbonyl (C=O) groups excluding carboxylic acids is 1. The molecule has 1 N–H and O–H groups in total. The normalized spacial score (nSPS) is 10.9. The number of hydrogen-bond donors (Lipinski definition) is 1. The average molecular weight is 429 g/mol. The van der Waals surface area contributed by atoms with Crippen LogP contribution in [-0.4, -0.2) is 20.9 Å². The predicted octanol–water partition coefficient (Wildman–Crippen LogP) is 5.66. The van der Waals surface area contributed by atoms with Gasteiger partial charge in [0.05, 0.1) is 33.7 Å². The summed E-state index contributed by atoms with van der Waals surface area (Å²) in [4.78, 5) is 26.3. The molecule has 0 saturated carbocycles. The number of nitrogens with zero attached hydrogens (tertiary/aromatic N) is 3. The van der Waals surface area contributed by atoms with Crippen LogP contribution in [0.1, 0.15) is 5.69 Å². The Morgan fingerprint density at radius 3 is 2.60 bits per heavy atom. The van der Waals surface area contributed by atoms with E-state index in [0.29, 0.717) is 0 Å². The summed E-state index contributed by atoms with van der Waals surface area (Å²) < 4.78 is 1.12. The molecule has 0 spiro atoms. The van der Waals surface area contributed by atoms with Crippen molar-refractivity contribution in [3.8, 4) is 21.3 Å². The third kappa shape index (κ3) is 3.85. The Bertz CT molecular complexity index is 1290. The first-order valence-electron chi connectivity index (χ1n) is 9.37. The fraction of sp³-hybridized carbons (Fsp3) is 0.0435. The average Bonchev–Trinajstić information content (AvgIpc) is 3.41. The number of pyridine rings is 1. The van der Waals surface area contributed by atoms with Gasteiger partial charge in [0, 0.05) is 17.1 Å². The van der Waals surface area contributed by atoms with Gasteiger partial charge in [-0.2, -0.15) is 0 Å². The standard InChI is InChI=1S/C23H16N4OS2/c28-21(13-15-14-29-23(25-15)19-10-5-6-12-24-19)26-17-8-2-1-7-16(17)22-27-18-9-3-4-11-20(18)30-22/h1-12,14H,13H2,(H,26,28). The molecule has 0 aliphatic carbocycles. The monoisotopic (exact) mass is 428 g/mol. The minimum Gasteiger partial charge on any atom is -0.325 e. The van der Waals surface area contributed by atoms with Crippen LogP contribution in [0.25, 0.3) is 31.5 Å². The summed E-state index contributed by atoms with van der Waals surface area (Å²) in [6.07, 6.45) is 1.94. The van der Waals surface area contributed by atoms with Gasteiger partial charge in [0.25, 0.3) is 0 Å². The SMILES string of the molecule is O=C(Cc1csc(-c2ccccn2)n1)Nc1ccccc1-c1nc2ccccc2s1. The maximum Gasteiger partial charge on any atom is 0.230 e. The summed E-state index contributed by atoms with van der Waals surface area (Å²) in [7, 11) is 0. The van der Waals surface area contributed by atoms with E-state index in [2.05, 4.69) is 21.4 Å². The van der Waals surface area contributed by atoms with Crippen molar-refractivity contribution in [2.75, 3.05) is 5.32 Å². The zero-order valence-corrected chi connectivity index (χ0v) is 17.4. The Labute approximate surface area is 181 Å². The molecular formula is C23H16N4OS2. The molecular weight excluding hydrogens is 412 g/mol. The predicted molar refractivity (Wildman–Crippen MR) is 123 cm³/mol. The van der Waals surface area contributed by atoms with Gasteiger partial charge in [-0.3, -0.25) is 9.78 Å². The Kier molecular flexibility index (Phi) is 5.04. The summed E-state index contributed by atoms with van der Waals surface area (Å²) in [5, 5.41) is 6.63. The number of para-hydroxylation sites is 2. The maximum atomic E-state index is 12.7. The number of aromatic nitrogens is 3. The van der Waals surface area contributed by atoms with Crippen molar-refractivity contribution >= 4 is 44.5 Å². The van der Waals surface area contributed by atoms with Gasteiger partial charge in [0.2, 0.25) is 5.91 Å². The number of fused-ring (bicyclic) bond motifs is 1. The molecule has 0 fully saturated rings. The molecule has 1 amide bonds. The maximum absolute atomic E-state index is 12.7. The van der Waals surface area contributed by atoms with Crippen LogP contribution in [0.2, 0.25) is 0 Å². The van der Waals surface area contributed by atoms with Gasteiger partial charge < -0.3 is 5.32 Å². The molecule has 0 saturated heterocycles. The van der Waals surface area contributed by atoms with Crippen molar-refractivity contribution < 1.29 is 4.79 Å². The molecule has 7 heteroatoms. The van der Waals surface area contributed by atoms with Crippen molar-refractivity contribution in [1.29, 1.82) is 0 Å². The zero-order chi connectivity index (χ0) is 20.3. The molecule has 3 heterocycles. The van der Waals surface area contributed by atoms with E-state index in [4.69, 9.17) is 4.98 Å². The lowest BCUT2D eigenvalue weighted by Gasteiger charge is -2.08. The number of rotatable bonds is 5. The molecule has 0 aliphatic heterocycles. The first-order valence-corrected chi connectivity index (χ1v) is 11.1. The topological polar surface area (TPSA) is 67.8 Å². The minimum atomic E-state index is -0.110. The van der Waals surface area contributed by atoms with Gasteiger partial charge in [-0.15, -0.1) is 22.7 Å². The lowest BCUT2D eigenvalue weighted by molar-refractivity contribution is -0.115. The molecule has 0 radical (unpaired) electrons. The van der Waals surface area contributed by atoms with Crippen molar-refractivity contribution in [1.82, 2.24) is 15.0 Å². The molecule has 0 unspecified atom stereocenters. The highest BCUT2D eigenvalue weighted by atomic mass is 32.1. The summed E-state index contributed by atoms with van der Waals surface area (Å²) in [6.45, 7) is 0.